The van der Waals surface area contributed by atoms with Crippen LogP contribution in [0.3, 0.4) is 0 Å². The number of carbonyl (C=O) groups excluding carboxylic acids is 2. The number of benzene rings is 2. The van der Waals surface area contributed by atoms with E-state index in [0.29, 0.717) is 19.6 Å². The van der Waals surface area contributed by atoms with Crippen molar-refractivity contribution >= 4 is 17.6 Å². The van der Waals surface area contributed by atoms with Crippen molar-refractivity contribution in [1.29, 1.82) is 0 Å². The third-order valence-corrected chi connectivity index (χ3v) is 5.30. The SMILES string of the molecule is COc1ccc(C)cc1CN(C)C(=O)[C@H]1CCCN(C(=O)Nc2ccccc2)C1. The lowest BCUT2D eigenvalue weighted by Crippen LogP contribution is -2.47. The fraction of sp³-hybridized carbons (Fsp3) is 0.391. The Hall–Kier alpha value is -3.02. The van der Waals surface area contributed by atoms with E-state index >= 15 is 0 Å². The van der Waals surface area contributed by atoms with Crippen molar-refractivity contribution in [2.24, 2.45) is 5.92 Å². The van der Waals surface area contributed by atoms with Crippen LogP contribution in [-0.2, 0) is 11.3 Å². The highest BCUT2D eigenvalue weighted by Crippen LogP contribution is 2.24. The lowest BCUT2D eigenvalue weighted by Gasteiger charge is -2.34. The fourth-order valence-electron chi connectivity index (χ4n) is 3.76. The first-order valence-corrected chi connectivity index (χ1v) is 9.97. The predicted molar refractivity (Wildman–Crippen MR) is 114 cm³/mol. The van der Waals surface area contributed by atoms with Gasteiger partial charge in [0.1, 0.15) is 5.75 Å². The zero-order valence-corrected chi connectivity index (χ0v) is 17.4. The van der Waals surface area contributed by atoms with Crippen molar-refractivity contribution in [3.8, 4) is 5.75 Å². The summed E-state index contributed by atoms with van der Waals surface area (Å²) in [5.41, 5.74) is 2.87. The van der Waals surface area contributed by atoms with E-state index in [1.807, 2.05) is 62.5 Å². The van der Waals surface area contributed by atoms with E-state index in [4.69, 9.17) is 4.74 Å². The molecule has 1 atom stereocenters. The van der Waals surface area contributed by atoms with Gasteiger partial charge in [-0.25, -0.2) is 4.79 Å². The first kappa shape index (κ1) is 20.7. The summed E-state index contributed by atoms with van der Waals surface area (Å²) in [4.78, 5) is 29.1. The molecular formula is C23H29N3O3. The molecule has 0 aliphatic carbocycles. The maximum Gasteiger partial charge on any atom is 0.321 e. The van der Waals surface area contributed by atoms with E-state index in [0.717, 1.165) is 35.4 Å². The highest BCUT2D eigenvalue weighted by molar-refractivity contribution is 5.90. The molecule has 2 aromatic rings. The number of urea groups is 1. The van der Waals surface area contributed by atoms with E-state index in [1.54, 1.807) is 16.9 Å². The number of hydrogen-bond donors (Lipinski definition) is 1. The normalized spacial score (nSPS) is 16.2. The average molecular weight is 396 g/mol. The van der Waals surface area contributed by atoms with Crippen LogP contribution >= 0.6 is 0 Å². The third-order valence-electron chi connectivity index (χ3n) is 5.30. The third kappa shape index (κ3) is 5.28. The minimum atomic E-state index is -0.189. The zero-order valence-electron chi connectivity index (χ0n) is 17.4. The summed E-state index contributed by atoms with van der Waals surface area (Å²) in [6.45, 7) is 3.61. The van der Waals surface area contributed by atoms with E-state index in [1.165, 1.54) is 0 Å². The molecule has 1 saturated heterocycles. The lowest BCUT2D eigenvalue weighted by molar-refractivity contribution is -0.136. The lowest BCUT2D eigenvalue weighted by atomic mass is 9.96. The van der Waals surface area contributed by atoms with Gasteiger partial charge in [-0.3, -0.25) is 4.79 Å². The van der Waals surface area contributed by atoms with Crippen LogP contribution in [0.5, 0.6) is 5.75 Å². The molecule has 3 rings (SSSR count). The molecule has 6 nitrogen and oxygen atoms in total. The first-order valence-electron chi connectivity index (χ1n) is 9.97. The summed E-state index contributed by atoms with van der Waals surface area (Å²) in [5, 5.41) is 2.91. The van der Waals surface area contributed by atoms with Gasteiger partial charge in [0.05, 0.1) is 13.0 Å². The number of piperidine rings is 1. The van der Waals surface area contributed by atoms with Gasteiger partial charge in [-0.1, -0.05) is 35.9 Å². The highest BCUT2D eigenvalue weighted by atomic mass is 16.5. The van der Waals surface area contributed by atoms with Crippen LogP contribution in [0.1, 0.15) is 24.0 Å². The summed E-state index contributed by atoms with van der Waals surface area (Å²) in [7, 11) is 3.45. The number of ether oxygens (including phenoxy) is 1. The Morgan fingerprint density at radius 2 is 1.97 bits per heavy atom. The molecule has 1 aliphatic heterocycles. The molecule has 1 N–H and O–H groups in total. The maximum atomic E-state index is 13.0. The number of para-hydroxylation sites is 1. The zero-order chi connectivity index (χ0) is 20.8. The minimum Gasteiger partial charge on any atom is -0.496 e. The molecule has 0 saturated carbocycles. The fourth-order valence-corrected chi connectivity index (χ4v) is 3.76. The second-order valence-electron chi connectivity index (χ2n) is 7.59. The summed E-state index contributed by atoms with van der Waals surface area (Å²) >= 11 is 0. The highest BCUT2D eigenvalue weighted by Gasteiger charge is 2.30. The number of anilines is 1. The molecule has 1 aliphatic rings. The number of carbonyl (C=O) groups is 2. The van der Waals surface area contributed by atoms with Gasteiger partial charge in [0.15, 0.2) is 0 Å². The largest absolute Gasteiger partial charge is 0.496 e. The molecule has 0 aromatic heterocycles. The number of nitrogens with zero attached hydrogens (tertiary/aromatic N) is 2. The van der Waals surface area contributed by atoms with E-state index in [9.17, 15) is 9.59 Å². The second-order valence-corrected chi connectivity index (χ2v) is 7.59. The number of aryl methyl sites for hydroxylation is 1. The van der Waals surface area contributed by atoms with Gasteiger partial charge < -0.3 is 19.9 Å². The van der Waals surface area contributed by atoms with Crippen LogP contribution < -0.4 is 10.1 Å². The van der Waals surface area contributed by atoms with Crippen LogP contribution in [0.4, 0.5) is 10.5 Å². The Labute approximate surface area is 172 Å². The molecule has 3 amide bonds. The molecule has 6 heteroatoms. The van der Waals surface area contributed by atoms with Crippen molar-refractivity contribution < 1.29 is 14.3 Å². The topological polar surface area (TPSA) is 61.9 Å². The van der Waals surface area contributed by atoms with Gasteiger partial charge in [0.25, 0.3) is 0 Å². The number of hydrogen-bond acceptors (Lipinski definition) is 3. The van der Waals surface area contributed by atoms with Crippen molar-refractivity contribution in [2.45, 2.75) is 26.3 Å². The average Bonchev–Trinajstić information content (AvgIpc) is 2.74. The van der Waals surface area contributed by atoms with Crippen LogP contribution in [-0.4, -0.2) is 49.0 Å². The quantitative estimate of drug-likeness (QED) is 0.835. The number of methoxy groups -OCH3 is 1. The number of rotatable bonds is 5. The summed E-state index contributed by atoms with van der Waals surface area (Å²) in [6, 6.07) is 15.2. The smallest absolute Gasteiger partial charge is 0.321 e. The van der Waals surface area contributed by atoms with Gasteiger partial charge >= 0.3 is 6.03 Å². The Bertz CT molecular complexity index is 854. The molecule has 2 aromatic carbocycles. The van der Waals surface area contributed by atoms with Crippen LogP contribution in [0.25, 0.3) is 0 Å². The Morgan fingerprint density at radius 3 is 2.69 bits per heavy atom. The monoisotopic (exact) mass is 395 g/mol. The number of nitrogens with one attached hydrogen (secondary N) is 1. The second kappa shape index (κ2) is 9.45. The van der Waals surface area contributed by atoms with Crippen molar-refractivity contribution in [3.63, 3.8) is 0 Å². The molecule has 0 unspecified atom stereocenters. The van der Waals surface area contributed by atoms with Crippen molar-refractivity contribution in [2.75, 3.05) is 32.6 Å². The summed E-state index contributed by atoms with van der Waals surface area (Å²) in [5.74, 6) is 0.652. The number of likely N-dealkylation sites (tertiary alicyclic amines) is 1. The van der Waals surface area contributed by atoms with Gasteiger partial charge in [0.2, 0.25) is 5.91 Å². The Balaban J connectivity index is 1.61. The Morgan fingerprint density at radius 1 is 1.21 bits per heavy atom. The predicted octanol–water partition coefficient (Wildman–Crippen LogP) is 3.91. The molecule has 0 spiro atoms. The van der Waals surface area contributed by atoms with E-state index in [-0.39, 0.29) is 17.9 Å². The van der Waals surface area contributed by atoms with Gasteiger partial charge in [-0.2, -0.15) is 0 Å². The van der Waals surface area contributed by atoms with Crippen LogP contribution in [0.2, 0.25) is 0 Å². The van der Waals surface area contributed by atoms with E-state index < -0.39 is 0 Å². The molecule has 154 valence electrons. The van der Waals surface area contributed by atoms with Gasteiger partial charge in [-0.05, 0) is 38.0 Å². The van der Waals surface area contributed by atoms with Crippen molar-refractivity contribution in [1.82, 2.24) is 9.80 Å². The van der Waals surface area contributed by atoms with Crippen LogP contribution in [0, 0.1) is 12.8 Å². The Kier molecular flexibility index (Phi) is 6.75. The molecule has 0 radical (unpaired) electrons. The first-order chi connectivity index (χ1) is 14.0. The standard InChI is InChI=1S/C23H29N3O3/c1-17-11-12-21(29-3)19(14-17)15-25(2)22(27)18-8-7-13-26(16-18)23(28)24-20-9-5-4-6-10-20/h4-6,9-12,14,18H,7-8,13,15-16H2,1-3H3,(H,24,28)/t18-/m0/s1. The number of amides is 3. The molecule has 0 bridgehead atoms. The van der Waals surface area contributed by atoms with E-state index in [2.05, 4.69) is 5.32 Å². The maximum absolute atomic E-state index is 13.0. The molecule has 1 heterocycles. The molecular weight excluding hydrogens is 366 g/mol. The molecule has 29 heavy (non-hydrogen) atoms. The summed E-state index contributed by atoms with van der Waals surface area (Å²) < 4.78 is 5.43. The van der Waals surface area contributed by atoms with Crippen LogP contribution in [0.15, 0.2) is 48.5 Å². The van der Waals surface area contributed by atoms with Crippen molar-refractivity contribution in [3.05, 3.63) is 59.7 Å². The summed E-state index contributed by atoms with van der Waals surface area (Å²) in [6.07, 6.45) is 1.61. The van der Waals surface area contributed by atoms with Gasteiger partial charge in [0, 0.05) is 37.9 Å². The van der Waals surface area contributed by atoms with Gasteiger partial charge in [-0.15, -0.1) is 0 Å². The minimum absolute atomic E-state index is 0.0609. The molecule has 1 fully saturated rings.